The molecule has 0 spiro atoms. The third kappa shape index (κ3) is 565. The minimum absolute atomic E-state index is 0. The van der Waals surface area contributed by atoms with E-state index in [0.717, 1.165) is 0 Å². The zero-order valence-corrected chi connectivity index (χ0v) is 11.4. The Bertz CT molecular complexity index is 53.8. The van der Waals surface area contributed by atoms with Crippen molar-refractivity contribution in [3.8, 4) is 0 Å². The third-order valence-corrected chi connectivity index (χ3v) is 0. The van der Waals surface area contributed by atoms with Gasteiger partial charge in [-0.2, -0.15) is 0 Å². The first-order valence-electron chi connectivity index (χ1n) is 2.12. The molecule has 0 aromatic heterocycles. The normalized spacial score (nSPS) is 5.40. The van der Waals surface area contributed by atoms with Crippen LogP contribution >= 0.6 is 0 Å². The fourth-order valence-corrected chi connectivity index (χ4v) is 0. The largest absolute Gasteiger partial charge is 3.00 e. The summed E-state index contributed by atoms with van der Waals surface area (Å²) in [5.74, 6) is 0. The van der Waals surface area contributed by atoms with E-state index in [1.54, 1.807) is 0 Å². The average molecular weight is 423 g/mol. The van der Waals surface area contributed by atoms with Gasteiger partial charge in [-0.15, -0.1) is 0 Å². The van der Waals surface area contributed by atoms with Gasteiger partial charge in [0, 0.05) is 0 Å². The fraction of sp³-hybridized carbons (Fsp3) is 0. The summed E-state index contributed by atoms with van der Waals surface area (Å²) >= 11 is 0. The first-order valence-corrected chi connectivity index (χ1v) is 2.12. The van der Waals surface area contributed by atoms with E-state index in [9.17, 15) is 0 Å². The molecule has 0 fully saturated rings. The van der Waals surface area contributed by atoms with E-state index in [-0.39, 0.29) is 80.1 Å². The van der Waals surface area contributed by atoms with E-state index < -0.39 is 22.0 Å². The molecule has 0 amide bonds. The molecule has 0 radical (unpaired) electrons. The Hall–Kier alpha value is 2.47. The number of hydrogen-bond donors (Lipinski definition) is 0. The molecule has 9 nitrogen and oxygen atoms in total. The summed E-state index contributed by atoms with van der Waals surface area (Å²) in [5, 5.41) is 75.8. The number of rotatable bonds is 0. The third-order valence-electron chi connectivity index (χ3n) is 0. The standard InChI is InChI=1S/Al.3BO3.Lu.Sc/c;3*2-1(3)4;;/q+3;3*-3;2*+3. The Morgan fingerprint density at radius 3 is 0.467 bits per heavy atom. The SMILES string of the molecule is [Al+3].[Lu+3].[O-]B([O-])[O-].[O-]B([O-])[O-].[O-]B([O-])[O-].[Sc+3]. The number of hydrogen-bond acceptors (Lipinski definition) is 9. The minimum Gasteiger partial charge on any atom is -0.907 e. The van der Waals surface area contributed by atoms with Crippen LogP contribution in [0.2, 0.25) is 0 Å². The molecule has 0 unspecified atom stereocenters. The maximum atomic E-state index is 8.42. The topological polar surface area (TPSA) is 208 Å². The first-order chi connectivity index (χ1) is 5.20. The summed E-state index contributed by atoms with van der Waals surface area (Å²) in [6.45, 7) is 0. The molecular formula is AlB3LuO9Sc. The molecule has 0 saturated heterocycles. The first kappa shape index (κ1) is 36.0. The summed E-state index contributed by atoms with van der Waals surface area (Å²) in [6.07, 6.45) is 0. The molecule has 0 rings (SSSR count). The van der Waals surface area contributed by atoms with Gasteiger partial charge in [0.2, 0.25) is 0 Å². The van der Waals surface area contributed by atoms with Crippen LogP contribution in [0.15, 0.2) is 0 Å². The van der Waals surface area contributed by atoms with E-state index in [1.165, 1.54) is 0 Å². The Morgan fingerprint density at radius 1 is 0.467 bits per heavy atom. The fourth-order valence-electron chi connectivity index (χ4n) is 0. The maximum absolute atomic E-state index is 8.42. The van der Waals surface area contributed by atoms with Gasteiger partial charge in [0.05, 0.1) is 0 Å². The molecule has 0 aromatic rings. The maximum Gasteiger partial charge on any atom is 3.00 e. The van der Waals surface area contributed by atoms with Gasteiger partial charge in [-0.3, -0.25) is 22.0 Å². The van der Waals surface area contributed by atoms with Crippen LogP contribution in [-0.4, -0.2) is 39.3 Å². The predicted molar refractivity (Wildman–Crippen MR) is 23.0 cm³/mol. The van der Waals surface area contributed by atoms with Crippen molar-refractivity contribution in [2.24, 2.45) is 0 Å². The molecule has 0 atom stereocenters. The summed E-state index contributed by atoms with van der Waals surface area (Å²) in [6, 6.07) is 0. The van der Waals surface area contributed by atoms with Gasteiger partial charge in [-0.1, -0.05) is 0 Å². The van der Waals surface area contributed by atoms with Crippen molar-refractivity contribution in [1.82, 2.24) is 0 Å². The van der Waals surface area contributed by atoms with E-state index in [1.807, 2.05) is 0 Å². The van der Waals surface area contributed by atoms with Gasteiger partial charge < -0.3 is 45.2 Å². The quantitative estimate of drug-likeness (QED) is 0.338. The monoisotopic (exact) mass is 424 g/mol. The zero-order valence-electron chi connectivity index (χ0n) is 6.82. The van der Waals surface area contributed by atoms with E-state index >= 15 is 0 Å². The molecule has 0 aliphatic heterocycles. The van der Waals surface area contributed by atoms with Gasteiger partial charge in [0.15, 0.2) is 0 Å². The molecule has 0 aliphatic carbocycles. The van der Waals surface area contributed by atoms with Crippen LogP contribution in [0, 0.1) is 36.9 Å². The van der Waals surface area contributed by atoms with Crippen LogP contribution < -0.4 is 45.2 Å². The second kappa shape index (κ2) is 30.0. The van der Waals surface area contributed by atoms with Gasteiger partial charge in [-0.25, -0.2) is 0 Å². The summed E-state index contributed by atoms with van der Waals surface area (Å²) in [7, 11) is -8.75. The van der Waals surface area contributed by atoms with Crippen molar-refractivity contribution in [3.63, 3.8) is 0 Å². The Kier molecular flexibility index (Phi) is 71.9. The van der Waals surface area contributed by atoms with E-state index in [0.29, 0.717) is 0 Å². The Balaban J connectivity index is -0.0000000184. The second-order valence-corrected chi connectivity index (χ2v) is 0.866. The molecule has 15 heteroatoms. The van der Waals surface area contributed by atoms with Crippen LogP contribution in [0.1, 0.15) is 0 Å². The Labute approximate surface area is 145 Å². The van der Waals surface area contributed by atoms with Crippen LogP contribution in [0.3, 0.4) is 0 Å². The van der Waals surface area contributed by atoms with Crippen molar-refractivity contribution in [3.05, 3.63) is 0 Å². The summed E-state index contributed by atoms with van der Waals surface area (Å²) in [5.41, 5.74) is 0. The smallest absolute Gasteiger partial charge is 0.907 e. The van der Waals surface area contributed by atoms with Gasteiger partial charge >= 0.3 is 80.1 Å². The summed E-state index contributed by atoms with van der Waals surface area (Å²) in [4.78, 5) is 0. The molecular weight excluding hydrogens is 423 g/mol. The molecule has 0 aliphatic rings. The van der Waals surface area contributed by atoms with Crippen molar-refractivity contribution in [1.29, 1.82) is 0 Å². The van der Waals surface area contributed by atoms with Crippen molar-refractivity contribution in [2.45, 2.75) is 0 Å². The van der Waals surface area contributed by atoms with E-state index in [4.69, 9.17) is 45.2 Å². The molecule has 15 heavy (non-hydrogen) atoms. The average Bonchev–Trinajstić information content (AvgIpc) is 1.54. The van der Waals surface area contributed by atoms with Gasteiger partial charge in [-0.05, 0) is 0 Å². The minimum atomic E-state index is -2.92. The second-order valence-electron chi connectivity index (χ2n) is 0.866. The van der Waals surface area contributed by atoms with Gasteiger partial charge in [0.25, 0.3) is 0 Å². The molecule has 0 bridgehead atoms. The van der Waals surface area contributed by atoms with E-state index in [2.05, 4.69) is 0 Å². The van der Waals surface area contributed by atoms with Crippen LogP contribution in [0.5, 0.6) is 0 Å². The molecule has 0 heterocycles. The molecule has 0 saturated carbocycles. The Morgan fingerprint density at radius 2 is 0.467 bits per heavy atom. The van der Waals surface area contributed by atoms with Crippen LogP contribution in [0.25, 0.3) is 0 Å². The molecule has 0 aromatic carbocycles. The van der Waals surface area contributed by atoms with Crippen LogP contribution in [0.4, 0.5) is 0 Å². The van der Waals surface area contributed by atoms with Crippen molar-refractivity contribution < 1.29 is 108 Å². The predicted octanol–water partition coefficient (Wildman–Crippen LogP) is -12.2. The molecule has 0 N–H and O–H groups in total. The van der Waals surface area contributed by atoms with Crippen molar-refractivity contribution in [2.75, 3.05) is 0 Å². The van der Waals surface area contributed by atoms with Crippen LogP contribution in [-0.2, 0) is 25.8 Å². The van der Waals surface area contributed by atoms with Gasteiger partial charge in [0.1, 0.15) is 0 Å². The molecule has 84 valence electrons. The summed E-state index contributed by atoms with van der Waals surface area (Å²) < 4.78 is 0. The van der Waals surface area contributed by atoms with Crippen molar-refractivity contribution >= 4 is 39.3 Å². The zero-order chi connectivity index (χ0) is 10.7.